The minimum Gasteiger partial charge on any atom is -0.426 e. The highest BCUT2D eigenvalue weighted by atomic mass is 16.9. The second kappa shape index (κ2) is 18.0. The van der Waals surface area contributed by atoms with Crippen molar-refractivity contribution in [2.75, 3.05) is 84.0 Å². The van der Waals surface area contributed by atoms with Crippen LogP contribution in [0.5, 0.6) is 0 Å². The highest BCUT2D eigenvalue weighted by molar-refractivity contribution is 6.43. The van der Waals surface area contributed by atoms with E-state index in [1.807, 2.05) is 19.6 Å². The highest BCUT2D eigenvalue weighted by Crippen LogP contribution is 2.27. The summed E-state index contributed by atoms with van der Waals surface area (Å²) in [5, 5.41) is 21.8. The van der Waals surface area contributed by atoms with E-state index in [-0.39, 0.29) is 43.9 Å². The Morgan fingerprint density at radius 1 is 0.893 bits per heavy atom. The Labute approximate surface area is 323 Å². The SMILES string of the molecule is C[C@@H](NC(=O)c1ccc(NNC(=O)CC[C@@H]2C(=O)OC34CC(=O)CN5CCN(CCN2CCN(CC5)CC(=O)O3)CC(=O)O4)nc1)C(=O)N1CCC[C@H]1B(O)O. The van der Waals surface area contributed by atoms with Gasteiger partial charge in [0.1, 0.15) is 24.3 Å². The van der Waals surface area contributed by atoms with Crippen LogP contribution in [0.3, 0.4) is 0 Å². The first-order chi connectivity index (χ1) is 26.8. The van der Waals surface area contributed by atoms with E-state index in [1.54, 1.807) is 0 Å². The molecule has 0 saturated carbocycles. The van der Waals surface area contributed by atoms with Crippen LogP contribution >= 0.6 is 0 Å². The lowest BCUT2D eigenvalue weighted by Gasteiger charge is -2.35. The van der Waals surface area contributed by atoms with Crippen molar-refractivity contribution < 1.29 is 57.8 Å². The van der Waals surface area contributed by atoms with Crippen LogP contribution < -0.4 is 16.2 Å². The van der Waals surface area contributed by atoms with Crippen molar-refractivity contribution in [1.29, 1.82) is 0 Å². The van der Waals surface area contributed by atoms with E-state index in [0.29, 0.717) is 71.7 Å². The summed E-state index contributed by atoms with van der Waals surface area (Å²) in [4.78, 5) is 106. The molecule has 0 aromatic carbocycles. The zero-order chi connectivity index (χ0) is 40.0. The summed E-state index contributed by atoms with van der Waals surface area (Å²) in [5.74, 6) is -7.73. The van der Waals surface area contributed by atoms with Gasteiger partial charge < -0.3 is 34.5 Å². The van der Waals surface area contributed by atoms with Gasteiger partial charge >= 0.3 is 31.0 Å². The van der Waals surface area contributed by atoms with Gasteiger partial charge in [-0.25, -0.2) is 4.98 Å². The van der Waals surface area contributed by atoms with Crippen LogP contribution in [0.15, 0.2) is 18.3 Å². The number of rotatable bonds is 9. The Balaban J connectivity index is 1.10. The van der Waals surface area contributed by atoms with E-state index < -0.39 is 78.9 Å². The number of hydrogen-bond donors (Lipinski definition) is 5. The fourth-order valence-corrected chi connectivity index (χ4v) is 7.54. The summed E-state index contributed by atoms with van der Waals surface area (Å²) in [6.45, 7) is 4.66. The summed E-state index contributed by atoms with van der Waals surface area (Å²) in [6, 6.07) is 0.890. The van der Waals surface area contributed by atoms with Gasteiger partial charge in [0.2, 0.25) is 11.8 Å². The van der Waals surface area contributed by atoms with E-state index in [0.717, 1.165) is 0 Å². The first kappa shape index (κ1) is 40.9. The predicted molar refractivity (Wildman–Crippen MR) is 192 cm³/mol. The van der Waals surface area contributed by atoms with Gasteiger partial charge in [-0.3, -0.25) is 64.0 Å². The van der Waals surface area contributed by atoms with Crippen LogP contribution in [0.1, 0.15) is 49.4 Å². The number of pyridine rings is 1. The van der Waals surface area contributed by atoms with E-state index in [9.17, 15) is 43.6 Å². The van der Waals surface area contributed by atoms with Crippen molar-refractivity contribution >= 4 is 54.3 Å². The lowest BCUT2D eigenvalue weighted by molar-refractivity contribution is -0.329. The van der Waals surface area contributed by atoms with Gasteiger partial charge in [-0.2, -0.15) is 0 Å². The van der Waals surface area contributed by atoms with Crippen molar-refractivity contribution in [3.05, 3.63) is 23.9 Å². The molecule has 2 unspecified atom stereocenters. The zero-order valence-electron chi connectivity index (χ0n) is 31.2. The van der Waals surface area contributed by atoms with Crippen molar-refractivity contribution in [3.63, 3.8) is 0 Å². The number of hydrazine groups is 1. The predicted octanol–water partition coefficient (Wildman–Crippen LogP) is -3.70. The number of esters is 3. The van der Waals surface area contributed by atoms with Gasteiger partial charge in [-0.1, -0.05) is 0 Å². The summed E-state index contributed by atoms with van der Waals surface area (Å²) in [7, 11) is -1.68. The maximum Gasteiger partial charge on any atom is 0.475 e. The lowest BCUT2D eigenvalue weighted by Crippen LogP contribution is -2.53. The minimum atomic E-state index is -2.62. The lowest BCUT2D eigenvalue weighted by atomic mass is 9.78. The largest absolute Gasteiger partial charge is 0.475 e. The summed E-state index contributed by atoms with van der Waals surface area (Å²) in [5.41, 5.74) is 5.33. The Morgan fingerprint density at radius 3 is 2.12 bits per heavy atom. The number of ether oxygens (including phenoxy) is 3. The molecule has 5 fully saturated rings. The maximum atomic E-state index is 14.0. The van der Waals surface area contributed by atoms with E-state index in [2.05, 4.69) is 21.2 Å². The number of nitrogens with zero attached hydrogens (tertiary/aromatic N) is 6. The molecular formula is C34H48BN9O12. The molecule has 6 rings (SSSR count). The number of anilines is 1. The molecule has 1 aromatic heterocycles. The second-order valence-corrected chi connectivity index (χ2v) is 14.6. The third-order valence-corrected chi connectivity index (χ3v) is 10.5. The Hall–Kier alpha value is -4.74. The summed E-state index contributed by atoms with van der Waals surface area (Å²) in [6.07, 6.45) is 1.39. The van der Waals surface area contributed by atoms with Crippen LogP contribution in [0.4, 0.5) is 5.82 Å². The van der Waals surface area contributed by atoms with Crippen LogP contribution in [-0.4, -0.2) is 191 Å². The normalized spacial score (nSPS) is 30.2. The van der Waals surface area contributed by atoms with Gasteiger partial charge in [0, 0.05) is 71.5 Å². The number of carbonyl (C=O) groups excluding carboxylic acids is 7. The fourth-order valence-electron chi connectivity index (χ4n) is 7.54. The molecule has 0 radical (unpaired) electrons. The molecule has 5 saturated heterocycles. The molecule has 5 N–H and O–H groups in total. The first-order valence-electron chi connectivity index (χ1n) is 18.9. The molecule has 1 spiro atoms. The number of likely N-dealkylation sites (tertiary alicyclic amines) is 1. The number of amides is 3. The number of fused-ring (bicyclic) bond motifs is 12. The van der Waals surface area contributed by atoms with Crippen molar-refractivity contribution in [3.8, 4) is 0 Å². The molecule has 3 amide bonds. The molecule has 22 heteroatoms. The number of aromatic nitrogens is 1. The molecule has 21 nitrogen and oxygen atoms in total. The van der Waals surface area contributed by atoms with Crippen LogP contribution in [0.2, 0.25) is 0 Å². The minimum absolute atomic E-state index is 0.0262. The molecule has 5 aliphatic rings. The van der Waals surface area contributed by atoms with Crippen molar-refractivity contribution in [2.24, 2.45) is 0 Å². The number of hydrogen-bond acceptors (Lipinski definition) is 18. The summed E-state index contributed by atoms with van der Waals surface area (Å²) >= 11 is 0. The molecular weight excluding hydrogens is 737 g/mol. The van der Waals surface area contributed by atoms with Crippen LogP contribution in [0.25, 0.3) is 0 Å². The molecule has 0 aliphatic carbocycles. The zero-order valence-corrected chi connectivity index (χ0v) is 31.2. The number of carbonyl (C=O) groups is 7. The smallest absolute Gasteiger partial charge is 0.426 e. The number of Topliss-reactive ketones (excluding diaryl/α,β-unsaturated/α-hetero) is 1. The van der Waals surface area contributed by atoms with Gasteiger partial charge in [-0.15, -0.1) is 0 Å². The quantitative estimate of drug-likeness (QED) is 0.0918. The van der Waals surface area contributed by atoms with Crippen molar-refractivity contribution in [2.45, 2.75) is 63.0 Å². The Bertz CT molecular complexity index is 1620. The van der Waals surface area contributed by atoms with Gasteiger partial charge in [0.15, 0.2) is 5.78 Å². The topological polar surface area (TPSA) is 253 Å². The molecule has 304 valence electrons. The Kier molecular flexibility index (Phi) is 13.2. The monoisotopic (exact) mass is 785 g/mol. The average Bonchev–Trinajstić information content (AvgIpc) is 3.62. The van der Waals surface area contributed by atoms with Crippen molar-refractivity contribution in [1.82, 2.24) is 40.2 Å². The second-order valence-electron chi connectivity index (χ2n) is 14.6. The standard InChI is InChI=1S/C34H48BN9O12/c1-22(32(50)44-8-2-3-26(44)35(52)53)37-31(49)23-4-6-27(36-18-23)38-39-28(46)7-5-25-33(51)56-34-17-24(45)19-40-9-11-41(20-29(47)54-34)13-15-43(25)16-14-42(12-10-40)21-30(48)55-34/h4,6,18,22,25-26,52-53H,2-3,5,7-17,19-21H2,1H3,(H,36,38)(H,37,49)(H,39,46)/t22-,25-,26+/m1/s1. The maximum absolute atomic E-state index is 14.0. The average molecular weight is 786 g/mol. The van der Waals surface area contributed by atoms with Crippen LogP contribution in [-0.2, 0) is 43.0 Å². The number of nitrogens with one attached hydrogen (secondary N) is 3. The highest BCUT2D eigenvalue weighted by Gasteiger charge is 2.49. The van der Waals surface area contributed by atoms with E-state index in [4.69, 9.17) is 14.2 Å². The summed E-state index contributed by atoms with van der Waals surface area (Å²) < 4.78 is 16.9. The van der Waals surface area contributed by atoms with Gasteiger partial charge in [0.25, 0.3) is 5.91 Å². The van der Waals surface area contributed by atoms with Gasteiger partial charge in [-0.05, 0) is 38.3 Å². The van der Waals surface area contributed by atoms with Crippen LogP contribution in [0, 0.1) is 0 Å². The fraction of sp³-hybridized carbons (Fsp3) is 0.647. The first-order valence-corrected chi connectivity index (χ1v) is 18.9. The molecule has 6 heterocycles. The van der Waals surface area contributed by atoms with Gasteiger partial charge in [0.05, 0.1) is 31.1 Å². The molecule has 1 aromatic rings. The molecule has 5 bridgehead atoms. The van der Waals surface area contributed by atoms with E-state index >= 15 is 0 Å². The molecule has 56 heavy (non-hydrogen) atoms. The third-order valence-electron chi connectivity index (χ3n) is 10.5. The molecule has 5 aliphatic heterocycles. The number of ketones is 1. The molecule has 5 atom stereocenters. The Morgan fingerprint density at radius 2 is 1.52 bits per heavy atom. The third kappa shape index (κ3) is 10.4. The van der Waals surface area contributed by atoms with E-state index in [1.165, 1.54) is 30.2 Å².